The van der Waals surface area contributed by atoms with Gasteiger partial charge in [0.15, 0.2) is 5.76 Å². The number of hydrogen-bond donors (Lipinski definition) is 0. The molecule has 3 aromatic rings. The number of piperidine rings is 1. The largest absolute Gasteiger partial charge is 0.459 e. The van der Waals surface area contributed by atoms with Crippen LogP contribution in [0.4, 0.5) is 0 Å². The van der Waals surface area contributed by atoms with Gasteiger partial charge in [-0.1, -0.05) is 18.2 Å². The summed E-state index contributed by atoms with van der Waals surface area (Å²) < 4.78 is 8.24. The Balaban J connectivity index is 1.67. The Morgan fingerprint density at radius 3 is 2.73 bits per heavy atom. The number of nitrogens with zero attached hydrogens (tertiary/aromatic N) is 4. The quantitative estimate of drug-likeness (QED) is 0.724. The number of rotatable bonds is 3. The first-order valence-electron chi connectivity index (χ1n) is 8.69. The number of aryl methyl sites for hydroxylation is 1. The summed E-state index contributed by atoms with van der Waals surface area (Å²) in [6.45, 7) is 1.20. The van der Waals surface area contributed by atoms with Crippen LogP contribution in [0.15, 0.2) is 57.9 Å². The van der Waals surface area contributed by atoms with Crippen LogP contribution in [-0.2, 0) is 7.05 Å². The molecule has 0 unspecified atom stereocenters. The maximum atomic E-state index is 12.6. The predicted molar refractivity (Wildman–Crippen MR) is 95.4 cm³/mol. The van der Waals surface area contributed by atoms with Crippen LogP contribution in [0.1, 0.15) is 35.1 Å². The molecule has 1 atom stereocenters. The van der Waals surface area contributed by atoms with E-state index >= 15 is 0 Å². The van der Waals surface area contributed by atoms with E-state index < -0.39 is 0 Å². The Morgan fingerprint density at radius 1 is 1.19 bits per heavy atom. The van der Waals surface area contributed by atoms with Crippen LogP contribution < -0.4 is 5.69 Å². The second-order valence-corrected chi connectivity index (χ2v) is 6.50. The summed E-state index contributed by atoms with van der Waals surface area (Å²) in [5.74, 6) is 0.911. The number of benzene rings is 1. The molecule has 1 aliphatic heterocycles. The second kappa shape index (κ2) is 6.67. The van der Waals surface area contributed by atoms with Gasteiger partial charge in [-0.2, -0.15) is 5.10 Å². The second-order valence-electron chi connectivity index (χ2n) is 6.50. The molecule has 26 heavy (non-hydrogen) atoms. The highest BCUT2D eigenvalue weighted by atomic mass is 16.3. The van der Waals surface area contributed by atoms with Crippen LogP contribution >= 0.6 is 0 Å². The van der Waals surface area contributed by atoms with E-state index in [0.717, 1.165) is 18.5 Å². The fraction of sp³-hybridized carbons (Fsp3) is 0.316. The highest BCUT2D eigenvalue weighted by Gasteiger charge is 2.30. The van der Waals surface area contributed by atoms with Gasteiger partial charge in [0, 0.05) is 26.1 Å². The third-order valence-corrected chi connectivity index (χ3v) is 4.77. The van der Waals surface area contributed by atoms with Crippen molar-refractivity contribution in [3.63, 3.8) is 0 Å². The number of likely N-dealkylation sites (tertiary alicyclic amines) is 1. The molecule has 1 aromatic carbocycles. The van der Waals surface area contributed by atoms with E-state index in [1.165, 1.54) is 10.9 Å². The number of amides is 1. The highest BCUT2D eigenvalue weighted by molar-refractivity contribution is 5.91. The standard InChI is InChI=1S/C19H20N4O3/c1-21-19(25)23(15-8-3-2-4-9-15)17(20-21)14-7-5-11-22(13-14)18(24)16-10-6-12-26-16/h2-4,6,8-10,12,14H,5,7,11,13H2,1H3/t14-/m0/s1. The zero-order valence-corrected chi connectivity index (χ0v) is 14.5. The number of para-hydroxylation sites is 1. The van der Waals surface area contributed by atoms with Crippen LogP contribution in [0.2, 0.25) is 0 Å². The molecule has 1 aliphatic rings. The fourth-order valence-electron chi connectivity index (χ4n) is 3.50. The molecule has 1 fully saturated rings. The first kappa shape index (κ1) is 16.4. The Labute approximate surface area is 150 Å². The summed E-state index contributed by atoms with van der Waals surface area (Å²) in [5.41, 5.74) is 0.607. The summed E-state index contributed by atoms with van der Waals surface area (Å²) in [6.07, 6.45) is 3.24. The Bertz CT molecular complexity index is 957. The van der Waals surface area contributed by atoms with Gasteiger partial charge in [-0.15, -0.1) is 0 Å². The van der Waals surface area contributed by atoms with Crippen LogP contribution in [0.25, 0.3) is 5.69 Å². The summed E-state index contributed by atoms with van der Waals surface area (Å²) in [4.78, 5) is 27.0. The van der Waals surface area contributed by atoms with Gasteiger partial charge in [-0.3, -0.25) is 4.79 Å². The Morgan fingerprint density at radius 2 is 2.00 bits per heavy atom. The van der Waals surface area contributed by atoms with Gasteiger partial charge in [0.1, 0.15) is 5.82 Å². The molecule has 0 bridgehead atoms. The van der Waals surface area contributed by atoms with Gasteiger partial charge in [-0.25, -0.2) is 14.0 Å². The normalized spacial score (nSPS) is 17.4. The van der Waals surface area contributed by atoms with Crippen LogP contribution in [0.3, 0.4) is 0 Å². The fourth-order valence-corrected chi connectivity index (χ4v) is 3.50. The van der Waals surface area contributed by atoms with Crippen molar-refractivity contribution in [3.8, 4) is 5.69 Å². The van der Waals surface area contributed by atoms with Crippen molar-refractivity contribution >= 4 is 5.91 Å². The van der Waals surface area contributed by atoms with E-state index in [1.807, 2.05) is 30.3 Å². The number of hydrogen-bond acceptors (Lipinski definition) is 4. The average Bonchev–Trinajstić information content (AvgIpc) is 3.31. The van der Waals surface area contributed by atoms with E-state index in [-0.39, 0.29) is 17.5 Å². The molecule has 7 nitrogen and oxygen atoms in total. The number of carbonyl (C=O) groups excluding carboxylic acids is 1. The Kier molecular flexibility index (Phi) is 4.20. The predicted octanol–water partition coefficient (Wildman–Crippen LogP) is 2.18. The van der Waals surface area contributed by atoms with Crippen molar-refractivity contribution in [2.75, 3.05) is 13.1 Å². The van der Waals surface area contributed by atoms with Crippen LogP contribution in [0.5, 0.6) is 0 Å². The molecule has 1 saturated heterocycles. The van der Waals surface area contributed by atoms with Crippen molar-refractivity contribution < 1.29 is 9.21 Å². The zero-order valence-electron chi connectivity index (χ0n) is 14.5. The highest BCUT2D eigenvalue weighted by Crippen LogP contribution is 2.27. The van der Waals surface area contributed by atoms with Gasteiger partial charge in [0.05, 0.1) is 12.0 Å². The minimum atomic E-state index is -0.180. The minimum absolute atomic E-state index is 0.00299. The molecule has 134 valence electrons. The van der Waals surface area contributed by atoms with Crippen molar-refractivity contribution in [1.29, 1.82) is 0 Å². The monoisotopic (exact) mass is 352 g/mol. The van der Waals surface area contributed by atoms with E-state index in [1.54, 1.807) is 28.6 Å². The first-order chi connectivity index (χ1) is 12.6. The minimum Gasteiger partial charge on any atom is -0.459 e. The lowest BCUT2D eigenvalue weighted by Crippen LogP contribution is -2.39. The number of furan rings is 1. The lowest BCUT2D eigenvalue weighted by Gasteiger charge is -2.31. The molecular weight excluding hydrogens is 332 g/mol. The van der Waals surface area contributed by atoms with Crippen LogP contribution in [0, 0.1) is 0 Å². The summed E-state index contributed by atoms with van der Waals surface area (Å²) >= 11 is 0. The molecular formula is C19H20N4O3. The SMILES string of the molecule is Cn1nc([C@H]2CCCN(C(=O)c3ccco3)C2)n(-c2ccccc2)c1=O. The van der Waals surface area contributed by atoms with Crippen molar-refractivity contribution in [1.82, 2.24) is 19.2 Å². The molecule has 0 saturated carbocycles. The average molecular weight is 352 g/mol. The summed E-state index contributed by atoms with van der Waals surface area (Å²) in [7, 11) is 1.65. The maximum absolute atomic E-state index is 12.6. The third-order valence-electron chi connectivity index (χ3n) is 4.77. The lowest BCUT2D eigenvalue weighted by molar-refractivity contribution is 0.0671. The summed E-state index contributed by atoms with van der Waals surface area (Å²) in [6, 6.07) is 12.9. The van der Waals surface area contributed by atoms with E-state index in [0.29, 0.717) is 24.7 Å². The van der Waals surface area contributed by atoms with Gasteiger partial charge in [0.25, 0.3) is 5.91 Å². The molecule has 0 aliphatic carbocycles. The molecule has 3 heterocycles. The van der Waals surface area contributed by atoms with Crippen molar-refractivity contribution in [2.45, 2.75) is 18.8 Å². The number of carbonyl (C=O) groups is 1. The lowest BCUT2D eigenvalue weighted by atomic mass is 9.96. The molecule has 0 N–H and O–H groups in total. The van der Waals surface area contributed by atoms with Crippen molar-refractivity contribution in [3.05, 3.63) is 70.8 Å². The zero-order chi connectivity index (χ0) is 18.1. The molecule has 0 spiro atoms. The van der Waals surface area contributed by atoms with Crippen molar-refractivity contribution in [2.24, 2.45) is 7.05 Å². The number of aromatic nitrogens is 3. The molecule has 2 aromatic heterocycles. The topological polar surface area (TPSA) is 73.3 Å². The van der Waals surface area contributed by atoms with E-state index in [2.05, 4.69) is 5.10 Å². The smallest absolute Gasteiger partial charge is 0.350 e. The van der Waals surface area contributed by atoms with E-state index in [9.17, 15) is 9.59 Å². The molecule has 0 radical (unpaired) electrons. The maximum Gasteiger partial charge on any atom is 0.350 e. The van der Waals surface area contributed by atoms with E-state index in [4.69, 9.17) is 4.42 Å². The first-order valence-corrected chi connectivity index (χ1v) is 8.69. The summed E-state index contributed by atoms with van der Waals surface area (Å²) in [5, 5.41) is 4.47. The van der Waals surface area contributed by atoms with Gasteiger partial charge in [0.2, 0.25) is 0 Å². The third kappa shape index (κ3) is 2.85. The van der Waals surface area contributed by atoms with Gasteiger partial charge >= 0.3 is 5.69 Å². The molecule has 4 rings (SSSR count). The van der Waals surface area contributed by atoms with Gasteiger partial charge in [-0.05, 0) is 37.1 Å². The molecule has 1 amide bonds. The Hall–Kier alpha value is -3.09. The molecule has 7 heteroatoms. The van der Waals surface area contributed by atoms with Crippen LogP contribution in [-0.4, -0.2) is 38.2 Å². The van der Waals surface area contributed by atoms with Gasteiger partial charge < -0.3 is 9.32 Å².